The normalized spacial score (nSPS) is 13.8. The van der Waals surface area contributed by atoms with Crippen molar-refractivity contribution in [3.63, 3.8) is 0 Å². The second kappa shape index (κ2) is 83.5. The summed E-state index contributed by atoms with van der Waals surface area (Å²) in [6.45, 7) is 5.01. The third kappa shape index (κ3) is 83.3. The molecule has 0 fully saturated rings. The van der Waals surface area contributed by atoms with Gasteiger partial charge >= 0.3 is 39.5 Å². The molecular weight excluding hydrogens is 1410 g/mol. The van der Waals surface area contributed by atoms with Gasteiger partial charge in [-0.25, -0.2) is 9.13 Å². The van der Waals surface area contributed by atoms with Crippen molar-refractivity contribution >= 4 is 39.5 Å². The zero-order valence-corrected chi connectivity index (χ0v) is 72.8. The predicted octanol–water partition coefficient (Wildman–Crippen LogP) is 27.6. The first-order valence-corrected chi connectivity index (χ1v) is 49.1. The molecule has 2 unspecified atom stereocenters. The van der Waals surface area contributed by atoms with E-state index in [-0.39, 0.29) is 25.7 Å². The van der Waals surface area contributed by atoms with Gasteiger partial charge in [-0.05, 0) is 51.4 Å². The van der Waals surface area contributed by atoms with Crippen LogP contribution in [0.2, 0.25) is 0 Å². The van der Waals surface area contributed by atoms with Gasteiger partial charge in [-0.3, -0.25) is 37.3 Å². The molecule has 0 aromatic carbocycles. The number of allylic oxidation sites excluding steroid dienone is 4. The number of hydrogen-bond acceptors (Lipinski definition) is 15. The topological polar surface area (TPSA) is 237 Å². The highest BCUT2D eigenvalue weighted by atomic mass is 31.2. The minimum absolute atomic E-state index is 0.0861. The molecule has 644 valence electrons. The Morgan fingerprint density at radius 2 is 0.440 bits per heavy atom. The monoisotopic (exact) mass is 1590 g/mol. The fourth-order valence-electron chi connectivity index (χ4n) is 13.7. The van der Waals surface area contributed by atoms with Crippen molar-refractivity contribution in [3.8, 4) is 0 Å². The average Bonchev–Trinajstić information content (AvgIpc) is 0.904. The van der Waals surface area contributed by atoms with E-state index in [0.29, 0.717) is 25.7 Å². The minimum atomic E-state index is -4.97. The number of carbonyl (C=O) groups is 4. The van der Waals surface area contributed by atoms with E-state index in [4.69, 9.17) is 37.0 Å². The highest BCUT2D eigenvalue weighted by Gasteiger charge is 2.30. The molecule has 0 aliphatic carbocycles. The van der Waals surface area contributed by atoms with Gasteiger partial charge in [0.1, 0.15) is 19.3 Å². The molecule has 0 spiro atoms. The molecule has 0 aromatic rings. The number of ether oxygens (including phenoxy) is 4. The standard InChI is InChI=1S/C90H172O17P2/c1-5-9-13-17-21-25-29-33-36-38-40-42-44-46-49-51-55-59-63-67-71-75-88(93)101-81-86(107-90(95)77-73-69-65-61-57-53-50-47-45-43-41-39-37-34-30-26-22-18-14-10-6-2)83-105-109(98,99)103-79-84(91)78-102-108(96,97)104-82-85(80-100-87(92)74-70-66-62-58-54-32-28-24-20-16-12-8-4)106-89(94)76-72-68-64-60-56-52-48-35-31-27-23-19-15-11-7-3/h27,31,35,48,84-86,91H,5-26,28-30,32-34,36-47,49-83H2,1-4H3,(H,96,97)(H,98,99)/b31-27-,48-35-/t84-,85+,86+/m0/s1. The molecule has 0 radical (unpaired) electrons. The van der Waals surface area contributed by atoms with E-state index in [9.17, 15) is 43.2 Å². The number of carbonyl (C=O) groups excluding carboxylic acids is 4. The van der Waals surface area contributed by atoms with Crippen LogP contribution in [0, 0.1) is 0 Å². The van der Waals surface area contributed by atoms with Crippen LogP contribution >= 0.6 is 15.6 Å². The maximum absolute atomic E-state index is 13.2. The van der Waals surface area contributed by atoms with Crippen LogP contribution in [-0.2, 0) is 65.4 Å². The molecule has 19 heteroatoms. The lowest BCUT2D eigenvalue weighted by molar-refractivity contribution is -0.161. The molecule has 0 rings (SSSR count). The van der Waals surface area contributed by atoms with E-state index < -0.39 is 97.5 Å². The lowest BCUT2D eigenvalue weighted by Crippen LogP contribution is -2.30. The van der Waals surface area contributed by atoms with Gasteiger partial charge in [-0.15, -0.1) is 0 Å². The minimum Gasteiger partial charge on any atom is -0.462 e. The van der Waals surface area contributed by atoms with Crippen LogP contribution in [0.1, 0.15) is 471 Å². The molecule has 0 saturated carbocycles. The van der Waals surface area contributed by atoms with E-state index >= 15 is 0 Å². The van der Waals surface area contributed by atoms with Gasteiger partial charge in [-0.2, -0.15) is 0 Å². The highest BCUT2D eigenvalue weighted by Crippen LogP contribution is 2.45. The number of phosphoric ester groups is 2. The Balaban J connectivity index is 5.26. The van der Waals surface area contributed by atoms with Crippen molar-refractivity contribution in [3.05, 3.63) is 24.3 Å². The highest BCUT2D eigenvalue weighted by molar-refractivity contribution is 7.47. The van der Waals surface area contributed by atoms with Crippen LogP contribution < -0.4 is 0 Å². The number of unbranched alkanes of at least 4 members (excludes halogenated alkanes) is 60. The third-order valence-electron chi connectivity index (χ3n) is 20.7. The van der Waals surface area contributed by atoms with E-state index in [1.165, 1.54) is 289 Å². The second-order valence-electron chi connectivity index (χ2n) is 31.7. The van der Waals surface area contributed by atoms with Crippen molar-refractivity contribution in [1.82, 2.24) is 0 Å². The molecule has 109 heavy (non-hydrogen) atoms. The number of rotatable bonds is 89. The third-order valence-corrected chi connectivity index (χ3v) is 22.6. The van der Waals surface area contributed by atoms with Gasteiger partial charge in [0.05, 0.1) is 26.4 Å². The summed E-state index contributed by atoms with van der Waals surface area (Å²) >= 11 is 0. The second-order valence-corrected chi connectivity index (χ2v) is 34.6. The number of phosphoric acid groups is 2. The van der Waals surface area contributed by atoms with Crippen LogP contribution in [0.5, 0.6) is 0 Å². The molecule has 0 amide bonds. The number of aliphatic hydroxyl groups is 1. The summed E-state index contributed by atoms with van der Waals surface area (Å²) in [7, 11) is -9.94. The van der Waals surface area contributed by atoms with Crippen LogP contribution in [0.4, 0.5) is 0 Å². The van der Waals surface area contributed by atoms with Gasteiger partial charge in [0, 0.05) is 25.7 Å². The van der Waals surface area contributed by atoms with Crippen LogP contribution in [-0.4, -0.2) is 96.7 Å². The lowest BCUT2D eigenvalue weighted by atomic mass is 10.0. The van der Waals surface area contributed by atoms with Crippen molar-refractivity contribution in [1.29, 1.82) is 0 Å². The van der Waals surface area contributed by atoms with E-state index in [1.807, 2.05) is 0 Å². The van der Waals surface area contributed by atoms with Crippen LogP contribution in [0.25, 0.3) is 0 Å². The Bertz CT molecular complexity index is 2150. The van der Waals surface area contributed by atoms with Crippen LogP contribution in [0.15, 0.2) is 24.3 Å². The smallest absolute Gasteiger partial charge is 0.462 e. The van der Waals surface area contributed by atoms with Crippen molar-refractivity contribution in [2.75, 3.05) is 39.6 Å². The van der Waals surface area contributed by atoms with Crippen molar-refractivity contribution < 1.29 is 80.2 Å². The summed E-state index contributed by atoms with van der Waals surface area (Å²) in [4.78, 5) is 73.3. The molecule has 0 heterocycles. The first kappa shape index (κ1) is 107. The first-order valence-electron chi connectivity index (χ1n) is 46.1. The van der Waals surface area contributed by atoms with E-state index in [1.54, 1.807) is 0 Å². The maximum Gasteiger partial charge on any atom is 0.472 e. The zero-order valence-electron chi connectivity index (χ0n) is 71.0. The van der Waals surface area contributed by atoms with E-state index in [2.05, 4.69) is 52.0 Å². The van der Waals surface area contributed by atoms with E-state index in [0.717, 1.165) is 103 Å². The summed E-state index contributed by atoms with van der Waals surface area (Å²) in [6.07, 6.45) is 82.9. The summed E-state index contributed by atoms with van der Waals surface area (Å²) in [5.74, 6) is -2.12. The molecular formula is C90H172O17P2. The summed E-state index contributed by atoms with van der Waals surface area (Å²) in [5, 5.41) is 10.7. The quantitative estimate of drug-likeness (QED) is 0.0169. The van der Waals surface area contributed by atoms with Gasteiger partial charge in [0.15, 0.2) is 12.2 Å². The Morgan fingerprint density at radius 3 is 0.670 bits per heavy atom. The molecule has 5 atom stereocenters. The fourth-order valence-corrected chi connectivity index (χ4v) is 15.3. The van der Waals surface area contributed by atoms with Crippen molar-refractivity contribution in [2.24, 2.45) is 0 Å². The molecule has 0 bridgehead atoms. The molecule has 0 aliphatic rings. The van der Waals surface area contributed by atoms with Gasteiger partial charge in [0.2, 0.25) is 0 Å². The number of esters is 4. The maximum atomic E-state index is 13.2. The average molecular weight is 1590 g/mol. The number of aliphatic hydroxyl groups excluding tert-OH is 1. The SMILES string of the molecule is CCCCCC/C=C\C=C/CCCCCCCC(=O)O[C@H](COC(=O)CCCCCCCCCCCCCC)COP(=O)(O)OC[C@H](O)COP(=O)(O)OC[C@@H](COC(=O)CCCCCCCCCCCCCCCCCCCCCCC)OC(=O)CCCCCCCCCCCCCCCCCCCCCCC. The molecule has 0 saturated heterocycles. The zero-order chi connectivity index (χ0) is 79.6. The Labute approximate surface area is 669 Å². The predicted molar refractivity (Wildman–Crippen MR) is 451 cm³/mol. The molecule has 0 aliphatic heterocycles. The lowest BCUT2D eigenvalue weighted by Gasteiger charge is -2.21. The summed E-state index contributed by atoms with van der Waals surface area (Å²) < 4.78 is 69.0. The molecule has 3 N–H and O–H groups in total. The molecule has 0 aromatic heterocycles. The number of hydrogen-bond donors (Lipinski definition) is 3. The summed E-state index contributed by atoms with van der Waals surface area (Å²) in [6, 6.07) is 0. The Kier molecular flexibility index (Phi) is 81.6. The largest absolute Gasteiger partial charge is 0.472 e. The van der Waals surface area contributed by atoms with Gasteiger partial charge in [-0.1, -0.05) is 418 Å². The molecule has 17 nitrogen and oxygen atoms in total. The summed E-state index contributed by atoms with van der Waals surface area (Å²) in [5.41, 5.74) is 0. The Hall–Kier alpha value is -2.46. The van der Waals surface area contributed by atoms with Crippen LogP contribution in [0.3, 0.4) is 0 Å². The fraction of sp³-hybridized carbons (Fsp3) is 0.911. The van der Waals surface area contributed by atoms with Crippen molar-refractivity contribution in [2.45, 2.75) is 489 Å². The van der Waals surface area contributed by atoms with Gasteiger partial charge in [0.25, 0.3) is 0 Å². The first-order chi connectivity index (χ1) is 53.2. The Morgan fingerprint density at radius 1 is 0.257 bits per heavy atom. The van der Waals surface area contributed by atoms with Gasteiger partial charge < -0.3 is 33.8 Å².